The second-order valence-corrected chi connectivity index (χ2v) is 8.59. The maximum Gasteiger partial charge on any atom is 0.273 e. The van der Waals surface area contributed by atoms with E-state index in [1.807, 2.05) is 46.8 Å². The average Bonchev–Trinajstić information content (AvgIpc) is 3.38. The van der Waals surface area contributed by atoms with Gasteiger partial charge >= 0.3 is 0 Å². The number of carbonyl (C=O) groups excluding carboxylic acids is 2. The van der Waals surface area contributed by atoms with E-state index in [2.05, 4.69) is 10.6 Å². The van der Waals surface area contributed by atoms with Crippen molar-refractivity contribution in [2.24, 2.45) is 0 Å². The third kappa shape index (κ3) is 4.43. The van der Waals surface area contributed by atoms with Crippen LogP contribution in [0.15, 0.2) is 30.3 Å². The molecule has 6 heteroatoms. The maximum atomic E-state index is 13.1. The van der Waals surface area contributed by atoms with Crippen molar-refractivity contribution in [3.05, 3.63) is 47.3 Å². The topological polar surface area (TPSA) is 76.0 Å². The Bertz CT molecular complexity index is 875. The SMILES string of the molecule is CCC(C)NC(=O)c1ccccc1NC(=O)c1cc(C2CC2)nn1C(C)(C)C. The van der Waals surface area contributed by atoms with E-state index in [-0.39, 0.29) is 23.4 Å². The lowest BCUT2D eigenvalue weighted by atomic mass is 10.1. The van der Waals surface area contributed by atoms with E-state index >= 15 is 0 Å². The molecule has 0 spiro atoms. The lowest BCUT2D eigenvalue weighted by Gasteiger charge is -2.22. The zero-order valence-electron chi connectivity index (χ0n) is 17.4. The van der Waals surface area contributed by atoms with Crippen molar-refractivity contribution in [1.29, 1.82) is 0 Å². The van der Waals surface area contributed by atoms with Crippen molar-refractivity contribution < 1.29 is 9.59 Å². The van der Waals surface area contributed by atoms with E-state index < -0.39 is 0 Å². The number of amides is 2. The Labute approximate surface area is 166 Å². The summed E-state index contributed by atoms with van der Waals surface area (Å²) in [5.74, 6) is 0.0232. The summed E-state index contributed by atoms with van der Waals surface area (Å²) in [7, 11) is 0. The van der Waals surface area contributed by atoms with Gasteiger partial charge in [-0.05, 0) is 65.2 Å². The van der Waals surface area contributed by atoms with Gasteiger partial charge in [0.25, 0.3) is 11.8 Å². The average molecular weight is 383 g/mol. The van der Waals surface area contributed by atoms with E-state index in [0.29, 0.717) is 22.9 Å². The van der Waals surface area contributed by atoms with E-state index in [4.69, 9.17) is 5.10 Å². The van der Waals surface area contributed by atoms with Gasteiger partial charge in [-0.15, -0.1) is 0 Å². The summed E-state index contributed by atoms with van der Waals surface area (Å²) in [6.07, 6.45) is 3.09. The van der Waals surface area contributed by atoms with Gasteiger partial charge in [0.05, 0.1) is 22.5 Å². The van der Waals surface area contributed by atoms with Crippen molar-refractivity contribution >= 4 is 17.5 Å². The lowest BCUT2D eigenvalue weighted by molar-refractivity contribution is 0.0940. The first-order valence-electron chi connectivity index (χ1n) is 10.0. The Balaban J connectivity index is 1.87. The molecule has 28 heavy (non-hydrogen) atoms. The third-order valence-corrected chi connectivity index (χ3v) is 5.00. The number of hydrogen-bond acceptors (Lipinski definition) is 3. The Morgan fingerprint density at radius 3 is 2.50 bits per heavy atom. The first-order valence-corrected chi connectivity index (χ1v) is 10.0. The van der Waals surface area contributed by atoms with Gasteiger partial charge in [-0.1, -0.05) is 19.1 Å². The predicted molar refractivity (Wildman–Crippen MR) is 111 cm³/mol. The number of nitrogens with zero attached hydrogens (tertiary/aromatic N) is 2. The van der Waals surface area contributed by atoms with Crippen molar-refractivity contribution in [3.63, 3.8) is 0 Å². The van der Waals surface area contributed by atoms with Crippen molar-refractivity contribution in [3.8, 4) is 0 Å². The Kier molecular flexibility index (Phi) is 5.59. The fourth-order valence-corrected chi connectivity index (χ4v) is 3.03. The monoisotopic (exact) mass is 382 g/mol. The van der Waals surface area contributed by atoms with Crippen LogP contribution in [0.2, 0.25) is 0 Å². The summed E-state index contributed by atoms with van der Waals surface area (Å²) in [6.45, 7) is 10.1. The molecule has 1 aliphatic carbocycles. The molecule has 1 aromatic carbocycles. The molecule has 1 heterocycles. The number of nitrogens with one attached hydrogen (secondary N) is 2. The van der Waals surface area contributed by atoms with Gasteiger partial charge in [-0.3, -0.25) is 14.3 Å². The minimum Gasteiger partial charge on any atom is -0.350 e. The third-order valence-electron chi connectivity index (χ3n) is 5.00. The fraction of sp³-hybridized carbons (Fsp3) is 0.500. The molecule has 1 aromatic heterocycles. The van der Waals surface area contributed by atoms with Crippen LogP contribution in [0.1, 0.15) is 86.3 Å². The molecule has 150 valence electrons. The zero-order chi connectivity index (χ0) is 20.5. The maximum absolute atomic E-state index is 13.1. The summed E-state index contributed by atoms with van der Waals surface area (Å²) in [6, 6.07) is 9.05. The number of rotatable bonds is 6. The van der Waals surface area contributed by atoms with Crippen molar-refractivity contribution in [2.45, 2.75) is 71.4 Å². The highest BCUT2D eigenvalue weighted by Gasteiger charge is 2.31. The second-order valence-electron chi connectivity index (χ2n) is 8.59. The molecule has 2 aromatic rings. The van der Waals surface area contributed by atoms with E-state index in [0.717, 1.165) is 25.0 Å². The van der Waals surface area contributed by atoms with Gasteiger partial charge in [0.1, 0.15) is 5.69 Å². The second kappa shape index (κ2) is 7.78. The van der Waals surface area contributed by atoms with Crippen LogP contribution in [0.4, 0.5) is 5.69 Å². The van der Waals surface area contributed by atoms with Crippen LogP contribution in [-0.4, -0.2) is 27.6 Å². The number of carbonyl (C=O) groups is 2. The number of para-hydroxylation sites is 1. The molecule has 6 nitrogen and oxygen atoms in total. The van der Waals surface area contributed by atoms with Gasteiger partial charge < -0.3 is 10.6 Å². The molecule has 0 radical (unpaired) electrons. The van der Waals surface area contributed by atoms with Crippen LogP contribution in [0.3, 0.4) is 0 Å². The molecule has 1 saturated carbocycles. The molecule has 1 atom stereocenters. The van der Waals surface area contributed by atoms with Crippen LogP contribution >= 0.6 is 0 Å². The molecule has 1 aliphatic rings. The summed E-state index contributed by atoms with van der Waals surface area (Å²) < 4.78 is 1.79. The summed E-state index contributed by atoms with van der Waals surface area (Å²) in [4.78, 5) is 25.7. The van der Waals surface area contributed by atoms with Crippen molar-refractivity contribution in [2.75, 3.05) is 5.32 Å². The fourth-order valence-electron chi connectivity index (χ4n) is 3.03. The predicted octanol–water partition coefficient (Wildman–Crippen LogP) is 4.30. The van der Waals surface area contributed by atoms with Gasteiger partial charge in [0.2, 0.25) is 0 Å². The highest BCUT2D eigenvalue weighted by Crippen LogP contribution is 2.40. The van der Waals surface area contributed by atoms with Gasteiger partial charge in [0, 0.05) is 12.0 Å². The number of hydrogen-bond donors (Lipinski definition) is 2. The zero-order valence-corrected chi connectivity index (χ0v) is 17.4. The standard InChI is InChI=1S/C22H30N4O2/c1-6-14(2)23-20(27)16-9-7-8-10-17(16)24-21(28)19-13-18(15-11-12-15)25-26(19)22(3,4)5/h7-10,13-15H,6,11-12H2,1-5H3,(H,23,27)(H,24,28). The summed E-state index contributed by atoms with van der Waals surface area (Å²) >= 11 is 0. The minimum atomic E-state index is -0.312. The van der Waals surface area contributed by atoms with E-state index in [1.165, 1.54) is 0 Å². The van der Waals surface area contributed by atoms with Crippen LogP contribution in [0, 0.1) is 0 Å². The van der Waals surface area contributed by atoms with Crippen LogP contribution in [-0.2, 0) is 5.54 Å². The quantitative estimate of drug-likeness (QED) is 0.782. The van der Waals surface area contributed by atoms with Gasteiger partial charge in [0.15, 0.2) is 0 Å². The largest absolute Gasteiger partial charge is 0.350 e. The normalized spacial score (nSPS) is 15.2. The summed E-state index contributed by atoms with van der Waals surface area (Å²) in [5, 5.41) is 10.6. The molecular weight excluding hydrogens is 352 g/mol. The smallest absolute Gasteiger partial charge is 0.273 e. The van der Waals surface area contributed by atoms with Gasteiger partial charge in [-0.25, -0.2) is 0 Å². The highest BCUT2D eigenvalue weighted by molar-refractivity contribution is 6.08. The molecule has 1 fully saturated rings. The summed E-state index contributed by atoms with van der Waals surface area (Å²) in [5.41, 5.74) is 2.14. The molecule has 3 rings (SSSR count). The number of benzene rings is 1. The Morgan fingerprint density at radius 1 is 1.21 bits per heavy atom. The minimum absolute atomic E-state index is 0.0691. The molecule has 1 unspecified atom stereocenters. The first kappa shape index (κ1) is 20.1. The van der Waals surface area contributed by atoms with Crippen LogP contribution in [0.25, 0.3) is 0 Å². The molecule has 2 amide bonds. The van der Waals surface area contributed by atoms with E-state index in [9.17, 15) is 9.59 Å². The highest BCUT2D eigenvalue weighted by atomic mass is 16.2. The van der Waals surface area contributed by atoms with Crippen molar-refractivity contribution in [1.82, 2.24) is 15.1 Å². The molecule has 2 N–H and O–H groups in total. The molecule has 0 bridgehead atoms. The Morgan fingerprint density at radius 2 is 1.89 bits per heavy atom. The van der Waals surface area contributed by atoms with Crippen LogP contribution in [0.5, 0.6) is 0 Å². The molecule has 0 saturated heterocycles. The van der Waals surface area contributed by atoms with E-state index in [1.54, 1.807) is 22.9 Å². The van der Waals surface area contributed by atoms with Crippen LogP contribution < -0.4 is 10.6 Å². The molecule has 0 aliphatic heterocycles. The number of anilines is 1. The lowest BCUT2D eigenvalue weighted by Crippen LogP contribution is -2.33. The Hall–Kier alpha value is -2.63. The number of aromatic nitrogens is 2. The molecular formula is C22H30N4O2. The first-order chi connectivity index (χ1) is 13.2. The van der Waals surface area contributed by atoms with Gasteiger partial charge in [-0.2, -0.15) is 5.10 Å².